The Hall–Kier alpha value is -3.54. The first kappa shape index (κ1) is 17.3. The van der Waals surface area contributed by atoms with Gasteiger partial charge in [0.2, 0.25) is 5.91 Å². The van der Waals surface area contributed by atoms with Gasteiger partial charge < -0.3 is 15.3 Å². The van der Waals surface area contributed by atoms with Crippen LogP contribution in [0.4, 0.5) is 5.69 Å². The highest BCUT2D eigenvalue weighted by Gasteiger charge is 2.17. The summed E-state index contributed by atoms with van der Waals surface area (Å²) in [4.78, 5) is 24.3. The number of fused-ring (bicyclic) bond motifs is 1. The minimum atomic E-state index is -0.364. The number of benzene rings is 2. The first-order valence-electron chi connectivity index (χ1n) is 7.96. The van der Waals surface area contributed by atoms with Gasteiger partial charge in [-0.2, -0.15) is 4.73 Å². The molecule has 1 amide bonds. The summed E-state index contributed by atoms with van der Waals surface area (Å²) >= 11 is 0. The molecule has 132 valence electrons. The maximum absolute atomic E-state index is 12.9. The van der Waals surface area contributed by atoms with Crippen LogP contribution < -0.4 is 10.1 Å². The van der Waals surface area contributed by atoms with Crippen molar-refractivity contribution in [2.24, 2.45) is 0 Å². The highest BCUT2D eigenvalue weighted by atomic mass is 16.5. The fraction of sp³-hybridized carbons (Fsp3) is 0.100. The number of anilines is 1. The number of Topliss-reactive ketones (excluding diaryl/α,β-unsaturated/α-hetero) is 1. The second kappa shape index (κ2) is 7.14. The zero-order valence-electron chi connectivity index (χ0n) is 14.2. The SMILES string of the molecule is C=CC(=O)Nc1ccc(OC)c(C(=O)Cc2cn(O)c3ccccc23)c1. The summed E-state index contributed by atoms with van der Waals surface area (Å²) < 4.78 is 6.28. The van der Waals surface area contributed by atoms with Crippen LogP contribution in [0.25, 0.3) is 10.9 Å². The van der Waals surface area contributed by atoms with Gasteiger partial charge in [0.25, 0.3) is 0 Å². The molecule has 3 rings (SSSR count). The van der Waals surface area contributed by atoms with Gasteiger partial charge in [-0.15, -0.1) is 0 Å². The number of carbonyl (C=O) groups excluding carboxylic acids is 2. The lowest BCUT2D eigenvalue weighted by Crippen LogP contribution is -2.10. The Labute approximate surface area is 150 Å². The number of para-hydroxylation sites is 1. The number of methoxy groups -OCH3 is 1. The molecule has 0 fully saturated rings. The number of nitrogens with one attached hydrogen (secondary N) is 1. The van der Waals surface area contributed by atoms with Crippen molar-refractivity contribution in [1.82, 2.24) is 4.73 Å². The first-order valence-corrected chi connectivity index (χ1v) is 7.96. The van der Waals surface area contributed by atoms with E-state index < -0.39 is 0 Å². The molecule has 0 aliphatic carbocycles. The maximum Gasteiger partial charge on any atom is 0.247 e. The first-order chi connectivity index (χ1) is 12.5. The summed E-state index contributed by atoms with van der Waals surface area (Å²) in [7, 11) is 1.48. The number of hydrogen-bond acceptors (Lipinski definition) is 4. The van der Waals surface area contributed by atoms with E-state index in [2.05, 4.69) is 11.9 Å². The Morgan fingerprint density at radius 1 is 1.27 bits per heavy atom. The van der Waals surface area contributed by atoms with Crippen molar-refractivity contribution < 1.29 is 19.5 Å². The second-order valence-electron chi connectivity index (χ2n) is 5.72. The smallest absolute Gasteiger partial charge is 0.247 e. The van der Waals surface area contributed by atoms with Crippen molar-refractivity contribution in [3.8, 4) is 5.75 Å². The Morgan fingerprint density at radius 2 is 2.04 bits per heavy atom. The number of amides is 1. The lowest BCUT2D eigenvalue weighted by molar-refractivity contribution is -0.111. The van der Waals surface area contributed by atoms with Crippen LogP contribution in [-0.2, 0) is 11.2 Å². The van der Waals surface area contributed by atoms with E-state index in [0.717, 1.165) is 16.2 Å². The molecule has 0 atom stereocenters. The van der Waals surface area contributed by atoms with Crippen molar-refractivity contribution in [2.45, 2.75) is 6.42 Å². The minimum Gasteiger partial charge on any atom is -0.496 e. The van der Waals surface area contributed by atoms with Crippen molar-refractivity contribution in [3.63, 3.8) is 0 Å². The largest absolute Gasteiger partial charge is 0.496 e. The van der Waals surface area contributed by atoms with Gasteiger partial charge in [-0.3, -0.25) is 9.59 Å². The lowest BCUT2D eigenvalue weighted by Gasteiger charge is -2.10. The topological polar surface area (TPSA) is 80.6 Å². The number of rotatable bonds is 6. The van der Waals surface area contributed by atoms with Gasteiger partial charge in [0, 0.05) is 23.7 Å². The molecule has 0 aliphatic rings. The number of aromatic nitrogens is 1. The van der Waals surface area contributed by atoms with Crippen LogP contribution in [0.1, 0.15) is 15.9 Å². The molecular formula is C20H18N2O4. The van der Waals surface area contributed by atoms with E-state index >= 15 is 0 Å². The third-order valence-corrected chi connectivity index (χ3v) is 4.08. The number of ketones is 1. The molecule has 3 aromatic rings. The van der Waals surface area contributed by atoms with Crippen molar-refractivity contribution in [3.05, 3.63) is 72.4 Å². The molecule has 0 unspecified atom stereocenters. The van der Waals surface area contributed by atoms with Gasteiger partial charge in [0.15, 0.2) is 5.78 Å². The van der Waals surface area contributed by atoms with Crippen molar-refractivity contribution in [2.75, 3.05) is 12.4 Å². The van der Waals surface area contributed by atoms with Gasteiger partial charge >= 0.3 is 0 Å². The van der Waals surface area contributed by atoms with Crippen LogP contribution in [0.5, 0.6) is 5.75 Å². The quantitative estimate of drug-likeness (QED) is 0.405. The minimum absolute atomic E-state index is 0.0866. The van der Waals surface area contributed by atoms with Crippen LogP contribution in [0, 0.1) is 0 Å². The number of hydrogen-bond donors (Lipinski definition) is 2. The molecular weight excluding hydrogens is 332 g/mol. The second-order valence-corrected chi connectivity index (χ2v) is 5.72. The monoisotopic (exact) mass is 350 g/mol. The predicted octanol–water partition coefficient (Wildman–Crippen LogP) is 3.44. The number of carbonyl (C=O) groups is 2. The van der Waals surface area contributed by atoms with Crippen LogP contribution in [-0.4, -0.2) is 28.7 Å². The molecule has 0 saturated heterocycles. The molecule has 0 saturated carbocycles. The molecule has 2 aromatic carbocycles. The lowest BCUT2D eigenvalue weighted by atomic mass is 10.0. The maximum atomic E-state index is 12.9. The molecule has 6 heteroatoms. The predicted molar refractivity (Wildman–Crippen MR) is 99.0 cm³/mol. The Morgan fingerprint density at radius 3 is 2.77 bits per heavy atom. The van der Waals surface area contributed by atoms with Crippen LogP contribution in [0.15, 0.2) is 61.3 Å². The summed E-state index contributed by atoms with van der Waals surface area (Å²) in [5.74, 6) is -0.135. The van der Waals surface area contributed by atoms with Crippen molar-refractivity contribution >= 4 is 28.3 Å². The van der Waals surface area contributed by atoms with E-state index in [9.17, 15) is 14.8 Å². The molecule has 0 aliphatic heterocycles. The fourth-order valence-electron chi connectivity index (χ4n) is 2.84. The zero-order chi connectivity index (χ0) is 18.7. The van der Waals surface area contributed by atoms with E-state index in [-0.39, 0.29) is 18.1 Å². The van der Waals surface area contributed by atoms with Crippen LogP contribution in [0.2, 0.25) is 0 Å². The van der Waals surface area contributed by atoms with Crippen molar-refractivity contribution in [1.29, 1.82) is 0 Å². The molecule has 0 bridgehead atoms. The van der Waals surface area contributed by atoms with Crippen LogP contribution in [0.3, 0.4) is 0 Å². The Bertz CT molecular complexity index is 1000. The highest BCUT2D eigenvalue weighted by Crippen LogP contribution is 2.27. The third-order valence-electron chi connectivity index (χ3n) is 4.08. The number of ether oxygens (including phenoxy) is 1. The normalized spacial score (nSPS) is 10.5. The van der Waals surface area contributed by atoms with E-state index in [0.29, 0.717) is 28.1 Å². The standard InChI is InChI=1S/C20H18N2O4/c1-3-20(24)21-14-8-9-19(26-2)16(11-14)18(23)10-13-12-22(25)17-7-5-4-6-15(13)17/h3-9,11-12,25H,1,10H2,2H3,(H,21,24). The average molecular weight is 350 g/mol. The van der Waals surface area contributed by atoms with Gasteiger partial charge in [-0.05, 0) is 35.9 Å². The molecule has 0 spiro atoms. The van der Waals surface area contributed by atoms with E-state index in [1.807, 2.05) is 18.2 Å². The number of nitrogens with zero attached hydrogens (tertiary/aromatic N) is 1. The summed E-state index contributed by atoms with van der Waals surface area (Å²) in [6.07, 6.45) is 2.77. The van der Waals surface area contributed by atoms with Gasteiger partial charge in [-0.1, -0.05) is 24.8 Å². The third kappa shape index (κ3) is 3.30. The molecule has 26 heavy (non-hydrogen) atoms. The zero-order valence-corrected chi connectivity index (χ0v) is 14.2. The highest BCUT2D eigenvalue weighted by molar-refractivity contribution is 6.04. The summed E-state index contributed by atoms with van der Waals surface area (Å²) in [5, 5.41) is 13.4. The van der Waals surface area contributed by atoms with Gasteiger partial charge in [0.1, 0.15) is 5.75 Å². The summed E-state index contributed by atoms with van der Waals surface area (Å²) in [5.41, 5.74) is 2.16. The fourth-order valence-corrected chi connectivity index (χ4v) is 2.84. The molecule has 1 heterocycles. The van der Waals surface area contributed by atoms with E-state index in [4.69, 9.17) is 4.74 Å². The molecule has 0 radical (unpaired) electrons. The van der Waals surface area contributed by atoms with Crippen LogP contribution >= 0.6 is 0 Å². The summed E-state index contributed by atoms with van der Waals surface area (Å²) in [6, 6.07) is 12.1. The molecule has 2 N–H and O–H groups in total. The van der Waals surface area contributed by atoms with Gasteiger partial charge in [0.05, 0.1) is 18.2 Å². The Balaban J connectivity index is 1.94. The average Bonchev–Trinajstić information content (AvgIpc) is 2.97. The summed E-state index contributed by atoms with van der Waals surface area (Å²) in [6.45, 7) is 3.41. The molecule has 1 aromatic heterocycles. The van der Waals surface area contributed by atoms with E-state index in [1.165, 1.54) is 13.3 Å². The Kier molecular flexibility index (Phi) is 4.75. The van der Waals surface area contributed by atoms with Gasteiger partial charge in [-0.25, -0.2) is 0 Å². The molecule has 6 nitrogen and oxygen atoms in total. The van der Waals surface area contributed by atoms with E-state index in [1.54, 1.807) is 24.3 Å².